The molecule has 4 rings (SSSR count). The molecule has 0 aliphatic heterocycles. The van der Waals surface area contributed by atoms with Crippen molar-refractivity contribution in [3.8, 4) is 0 Å². The molecule has 1 N–H and O–H groups in total. The molecular weight excluding hydrogens is 352 g/mol. The first kappa shape index (κ1) is 14.2. The van der Waals surface area contributed by atoms with Crippen LogP contribution >= 0.6 is 15.9 Å². The number of hydrogen-bond donors (Lipinski definition) is 1. The van der Waals surface area contributed by atoms with Crippen molar-refractivity contribution < 1.29 is 4.79 Å². The van der Waals surface area contributed by atoms with Crippen molar-refractivity contribution in [1.82, 2.24) is 9.97 Å². The molecule has 4 heteroatoms. The highest BCUT2D eigenvalue weighted by Crippen LogP contribution is 2.27. The number of H-pyrrole nitrogens is 1. The summed E-state index contributed by atoms with van der Waals surface area (Å²) in [7, 11) is 0. The van der Waals surface area contributed by atoms with Crippen LogP contribution in [0.5, 0.6) is 0 Å². The van der Waals surface area contributed by atoms with Crippen LogP contribution in [0.1, 0.15) is 16.1 Å². The average molecular weight is 365 g/mol. The predicted octanol–water partition coefficient (Wildman–Crippen LogP) is 4.90. The van der Waals surface area contributed by atoms with Crippen molar-refractivity contribution in [2.75, 3.05) is 0 Å². The smallest absolute Gasteiger partial charge is 0.187 e. The molecule has 0 saturated heterocycles. The van der Waals surface area contributed by atoms with E-state index in [1.54, 1.807) is 6.20 Å². The minimum Gasteiger partial charge on any atom is -0.353 e. The molecule has 0 fully saturated rings. The molecule has 0 atom stereocenters. The highest BCUT2D eigenvalue weighted by molar-refractivity contribution is 9.10. The Labute approximate surface area is 141 Å². The van der Waals surface area contributed by atoms with Crippen molar-refractivity contribution >= 4 is 43.5 Å². The van der Waals surface area contributed by atoms with Gasteiger partial charge in [-0.15, -0.1) is 0 Å². The van der Waals surface area contributed by atoms with Gasteiger partial charge in [0, 0.05) is 33.4 Å². The molecule has 2 aromatic carbocycles. The monoisotopic (exact) mass is 364 g/mol. The van der Waals surface area contributed by atoms with E-state index in [1.165, 1.54) is 0 Å². The molecule has 112 valence electrons. The van der Waals surface area contributed by atoms with Gasteiger partial charge in [-0.2, -0.15) is 0 Å². The van der Waals surface area contributed by atoms with Gasteiger partial charge in [0.05, 0.1) is 5.52 Å². The summed E-state index contributed by atoms with van der Waals surface area (Å²) in [5.74, 6) is 0.0180. The molecule has 3 nitrogen and oxygen atoms in total. The Hall–Kier alpha value is -2.46. The van der Waals surface area contributed by atoms with Crippen LogP contribution in [-0.4, -0.2) is 15.8 Å². The summed E-state index contributed by atoms with van der Waals surface area (Å²) in [5, 5.41) is 2.15. The number of pyridine rings is 1. The van der Waals surface area contributed by atoms with Gasteiger partial charge < -0.3 is 4.98 Å². The maximum absolute atomic E-state index is 12.7. The molecule has 0 unspecified atom stereocenters. The lowest BCUT2D eigenvalue weighted by atomic mass is 10.1. The van der Waals surface area contributed by atoms with Crippen molar-refractivity contribution in [3.05, 3.63) is 76.5 Å². The van der Waals surface area contributed by atoms with Gasteiger partial charge >= 0.3 is 0 Å². The first-order chi connectivity index (χ1) is 11.2. The van der Waals surface area contributed by atoms with Crippen LogP contribution in [0, 0.1) is 0 Å². The summed E-state index contributed by atoms with van der Waals surface area (Å²) >= 11 is 3.41. The van der Waals surface area contributed by atoms with E-state index in [1.807, 2.05) is 48.5 Å². The predicted molar refractivity (Wildman–Crippen MR) is 95.8 cm³/mol. The number of fused-ring (bicyclic) bond motifs is 3. The van der Waals surface area contributed by atoms with E-state index < -0.39 is 0 Å². The molecule has 0 bridgehead atoms. The molecular formula is C19H13BrN2O. The number of Topliss-reactive ketones (excluding diaryl/α,β-unsaturated/α-hetero) is 1. The third-order valence-corrected chi connectivity index (χ3v) is 4.50. The molecule has 0 aliphatic rings. The number of ketones is 1. The molecule has 4 aromatic rings. The van der Waals surface area contributed by atoms with Gasteiger partial charge in [0.1, 0.15) is 5.69 Å². The van der Waals surface area contributed by atoms with Crippen molar-refractivity contribution in [2.24, 2.45) is 0 Å². The number of carbonyl (C=O) groups is 1. The summed E-state index contributed by atoms with van der Waals surface area (Å²) in [5.41, 5.74) is 3.32. The van der Waals surface area contributed by atoms with Crippen LogP contribution < -0.4 is 0 Å². The Balaban J connectivity index is 1.78. The van der Waals surface area contributed by atoms with Gasteiger partial charge in [-0.1, -0.05) is 46.3 Å². The van der Waals surface area contributed by atoms with E-state index in [9.17, 15) is 4.79 Å². The van der Waals surface area contributed by atoms with Crippen LogP contribution in [0.15, 0.2) is 65.3 Å². The molecule has 2 heterocycles. The average Bonchev–Trinajstić information content (AvgIpc) is 2.95. The fourth-order valence-electron chi connectivity index (χ4n) is 2.86. The summed E-state index contributed by atoms with van der Waals surface area (Å²) in [4.78, 5) is 20.4. The van der Waals surface area contributed by atoms with Crippen molar-refractivity contribution in [2.45, 2.75) is 6.42 Å². The number of hydrogen-bond acceptors (Lipinski definition) is 2. The standard InChI is InChI=1S/C19H13BrN2O/c20-13-7-5-12(6-8-13)11-17(23)19-18-15(9-10-21-19)14-3-1-2-4-16(14)22-18/h1-10,22H,11H2. The molecule has 0 spiro atoms. The van der Waals surface area contributed by atoms with Crippen LogP contribution in [0.2, 0.25) is 0 Å². The number of nitrogens with zero attached hydrogens (tertiary/aromatic N) is 1. The van der Waals surface area contributed by atoms with Gasteiger partial charge in [-0.05, 0) is 29.8 Å². The second kappa shape index (κ2) is 5.63. The zero-order chi connectivity index (χ0) is 15.8. The number of aromatic amines is 1. The summed E-state index contributed by atoms with van der Waals surface area (Å²) in [6.07, 6.45) is 2.05. The highest BCUT2D eigenvalue weighted by atomic mass is 79.9. The Morgan fingerprint density at radius 3 is 2.61 bits per heavy atom. The van der Waals surface area contributed by atoms with Crippen LogP contribution in [0.3, 0.4) is 0 Å². The van der Waals surface area contributed by atoms with E-state index in [4.69, 9.17) is 0 Å². The second-order valence-electron chi connectivity index (χ2n) is 5.48. The Kier molecular flexibility index (Phi) is 3.46. The van der Waals surface area contributed by atoms with E-state index in [2.05, 4.69) is 32.0 Å². The number of benzene rings is 2. The minimum absolute atomic E-state index is 0.0180. The molecule has 23 heavy (non-hydrogen) atoms. The highest BCUT2D eigenvalue weighted by Gasteiger charge is 2.15. The number of rotatable bonds is 3. The summed E-state index contributed by atoms with van der Waals surface area (Å²) in [6.45, 7) is 0. The van der Waals surface area contributed by atoms with E-state index in [-0.39, 0.29) is 5.78 Å². The van der Waals surface area contributed by atoms with Crippen molar-refractivity contribution in [3.63, 3.8) is 0 Å². The number of para-hydroxylation sites is 1. The molecule has 0 aliphatic carbocycles. The van der Waals surface area contributed by atoms with Crippen LogP contribution in [-0.2, 0) is 6.42 Å². The zero-order valence-corrected chi connectivity index (χ0v) is 13.8. The lowest BCUT2D eigenvalue weighted by Gasteiger charge is -2.03. The summed E-state index contributed by atoms with van der Waals surface area (Å²) in [6, 6.07) is 17.8. The first-order valence-corrected chi connectivity index (χ1v) is 8.15. The Morgan fingerprint density at radius 2 is 1.78 bits per heavy atom. The second-order valence-corrected chi connectivity index (χ2v) is 6.39. The normalized spacial score (nSPS) is 11.2. The third kappa shape index (κ3) is 2.55. The van der Waals surface area contributed by atoms with E-state index >= 15 is 0 Å². The number of carbonyl (C=O) groups excluding carboxylic acids is 1. The number of nitrogens with one attached hydrogen (secondary N) is 1. The number of aromatic nitrogens is 2. The third-order valence-electron chi connectivity index (χ3n) is 3.97. The van der Waals surface area contributed by atoms with Gasteiger partial charge in [-0.3, -0.25) is 9.78 Å². The Bertz CT molecular complexity index is 1020. The molecule has 0 saturated carbocycles. The van der Waals surface area contributed by atoms with Crippen LogP contribution in [0.25, 0.3) is 21.8 Å². The fraction of sp³-hybridized carbons (Fsp3) is 0.0526. The van der Waals surface area contributed by atoms with Crippen molar-refractivity contribution in [1.29, 1.82) is 0 Å². The van der Waals surface area contributed by atoms with Gasteiger partial charge in [0.2, 0.25) is 0 Å². The maximum Gasteiger partial charge on any atom is 0.187 e. The largest absolute Gasteiger partial charge is 0.353 e. The minimum atomic E-state index is 0.0180. The lowest BCUT2D eigenvalue weighted by molar-refractivity contribution is 0.0990. The van der Waals surface area contributed by atoms with E-state index in [0.717, 1.165) is 31.8 Å². The topological polar surface area (TPSA) is 45.8 Å². The first-order valence-electron chi connectivity index (χ1n) is 7.35. The molecule has 2 aromatic heterocycles. The van der Waals surface area contributed by atoms with Crippen LogP contribution in [0.4, 0.5) is 0 Å². The van der Waals surface area contributed by atoms with Gasteiger partial charge in [-0.25, -0.2) is 0 Å². The van der Waals surface area contributed by atoms with Gasteiger partial charge in [0.15, 0.2) is 5.78 Å². The summed E-state index contributed by atoms with van der Waals surface area (Å²) < 4.78 is 1.00. The fourth-order valence-corrected chi connectivity index (χ4v) is 3.12. The quantitative estimate of drug-likeness (QED) is 0.525. The number of halogens is 1. The van der Waals surface area contributed by atoms with E-state index in [0.29, 0.717) is 12.1 Å². The lowest BCUT2D eigenvalue weighted by Crippen LogP contribution is -2.06. The maximum atomic E-state index is 12.7. The zero-order valence-electron chi connectivity index (χ0n) is 12.2. The Morgan fingerprint density at radius 1 is 1.00 bits per heavy atom. The van der Waals surface area contributed by atoms with Gasteiger partial charge in [0.25, 0.3) is 0 Å². The molecule has 0 amide bonds. The SMILES string of the molecule is O=C(Cc1ccc(Br)cc1)c1nccc2c1[nH]c1ccccc12. The molecule has 0 radical (unpaired) electrons.